The van der Waals surface area contributed by atoms with E-state index in [9.17, 15) is 0 Å². The van der Waals surface area contributed by atoms with E-state index < -0.39 is 0 Å². The number of fused-ring (bicyclic) bond motifs is 1. The molecule has 3 rings (SSSR count). The van der Waals surface area contributed by atoms with Crippen LogP contribution in [-0.2, 0) is 19.4 Å². The van der Waals surface area contributed by atoms with Crippen molar-refractivity contribution in [1.29, 1.82) is 0 Å². The molecule has 164 valence electrons. The molecule has 2 heterocycles. The van der Waals surface area contributed by atoms with Gasteiger partial charge >= 0.3 is 0 Å². The summed E-state index contributed by atoms with van der Waals surface area (Å²) in [6.07, 6.45) is 6.76. The van der Waals surface area contributed by atoms with Gasteiger partial charge in [-0.3, -0.25) is 0 Å². The first-order valence-corrected chi connectivity index (χ1v) is 11.3. The molecule has 0 saturated heterocycles. The van der Waals surface area contributed by atoms with Gasteiger partial charge in [0.25, 0.3) is 0 Å². The minimum absolute atomic E-state index is 0.00806. The number of benzene rings is 1. The van der Waals surface area contributed by atoms with Crippen LogP contribution in [0.15, 0.2) is 29.3 Å². The Bertz CT molecular complexity index is 816. The van der Waals surface area contributed by atoms with Crippen LogP contribution in [0.25, 0.3) is 0 Å². The van der Waals surface area contributed by atoms with E-state index in [0.29, 0.717) is 6.54 Å². The van der Waals surface area contributed by atoms with Crippen molar-refractivity contribution in [3.63, 3.8) is 0 Å². The van der Waals surface area contributed by atoms with E-state index in [0.717, 1.165) is 62.3 Å². The Morgan fingerprint density at radius 1 is 1.23 bits per heavy atom. The van der Waals surface area contributed by atoms with Gasteiger partial charge in [-0.15, -0.1) is 10.2 Å². The number of ether oxygens (including phenoxy) is 1. The first-order chi connectivity index (χ1) is 14.7. The highest BCUT2D eigenvalue weighted by Crippen LogP contribution is 2.15. The second-order valence-corrected chi connectivity index (χ2v) is 7.99. The largest absolute Gasteiger partial charge is 0.489 e. The highest BCUT2D eigenvalue weighted by Gasteiger charge is 2.14. The van der Waals surface area contributed by atoms with Crippen molar-refractivity contribution in [3.05, 3.63) is 41.5 Å². The average Bonchev–Trinajstić information content (AvgIpc) is 2.95. The lowest BCUT2D eigenvalue weighted by Crippen LogP contribution is -2.38. The van der Waals surface area contributed by atoms with Crippen LogP contribution in [0.5, 0.6) is 5.75 Å². The maximum absolute atomic E-state index is 5.98. The Labute approximate surface area is 180 Å². The summed E-state index contributed by atoms with van der Waals surface area (Å²) in [6.45, 7) is 9.54. The predicted molar refractivity (Wildman–Crippen MR) is 121 cm³/mol. The smallest absolute Gasteiger partial charge is 0.191 e. The predicted octanol–water partition coefficient (Wildman–Crippen LogP) is 3.27. The Kier molecular flexibility index (Phi) is 8.53. The fourth-order valence-corrected chi connectivity index (χ4v) is 3.70. The zero-order valence-electron chi connectivity index (χ0n) is 18.7. The second kappa shape index (κ2) is 11.6. The molecule has 30 heavy (non-hydrogen) atoms. The number of rotatable bonds is 9. The average molecular weight is 413 g/mol. The van der Waals surface area contributed by atoms with Crippen molar-refractivity contribution in [2.75, 3.05) is 19.6 Å². The summed E-state index contributed by atoms with van der Waals surface area (Å²) in [7, 11) is 0. The van der Waals surface area contributed by atoms with Crippen molar-refractivity contribution in [2.45, 2.75) is 71.9 Å². The lowest BCUT2D eigenvalue weighted by molar-refractivity contribution is 0.230. The number of aromatic nitrogens is 3. The molecular weight excluding hydrogens is 376 g/mol. The van der Waals surface area contributed by atoms with Crippen molar-refractivity contribution in [2.24, 2.45) is 4.99 Å². The van der Waals surface area contributed by atoms with Gasteiger partial charge in [0.05, 0.1) is 6.54 Å². The van der Waals surface area contributed by atoms with E-state index in [-0.39, 0.29) is 6.10 Å². The number of aryl methyl sites for hydroxylation is 3. The van der Waals surface area contributed by atoms with Crippen molar-refractivity contribution >= 4 is 5.96 Å². The summed E-state index contributed by atoms with van der Waals surface area (Å²) >= 11 is 0. The Hall–Kier alpha value is -2.57. The molecule has 2 aromatic rings. The summed E-state index contributed by atoms with van der Waals surface area (Å²) in [4.78, 5) is 4.69. The van der Waals surface area contributed by atoms with Crippen LogP contribution in [0.1, 0.15) is 56.7 Å². The number of guanidine groups is 1. The van der Waals surface area contributed by atoms with Crippen LogP contribution in [0.3, 0.4) is 0 Å². The third kappa shape index (κ3) is 6.75. The van der Waals surface area contributed by atoms with E-state index in [1.807, 2.05) is 19.1 Å². The summed E-state index contributed by atoms with van der Waals surface area (Å²) in [6, 6.07) is 8.12. The standard InChI is InChI=1S/C23H36N6O/c1-4-24-23(26-17-19(3)30-20-11-8-10-18(2)16-20)25-14-9-13-22-28-27-21-12-6-5-7-15-29(21)22/h8,10-11,16,19H,4-7,9,12-15,17H2,1-3H3,(H2,24,25,26). The maximum atomic E-state index is 5.98. The third-order valence-corrected chi connectivity index (χ3v) is 5.23. The Balaban J connectivity index is 1.44. The molecule has 0 saturated carbocycles. The van der Waals surface area contributed by atoms with Gasteiger partial charge < -0.3 is 19.9 Å². The van der Waals surface area contributed by atoms with Gasteiger partial charge in [0.2, 0.25) is 0 Å². The van der Waals surface area contributed by atoms with E-state index in [1.165, 1.54) is 24.8 Å². The fourth-order valence-electron chi connectivity index (χ4n) is 3.70. The topological polar surface area (TPSA) is 76.4 Å². The van der Waals surface area contributed by atoms with Gasteiger partial charge in [-0.1, -0.05) is 18.6 Å². The number of aliphatic imine (C=N–C) groups is 1. The molecule has 1 atom stereocenters. The summed E-state index contributed by atoms with van der Waals surface area (Å²) in [5.41, 5.74) is 1.20. The molecule has 2 N–H and O–H groups in total. The summed E-state index contributed by atoms with van der Waals surface area (Å²) in [5, 5.41) is 15.6. The van der Waals surface area contributed by atoms with Crippen molar-refractivity contribution in [1.82, 2.24) is 25.4 Å². The number of hydrogen-bond donors (Lipinski definition) is 2. The van der Waals surface area contributed by atoms with E-state index >= 15 is 0 Å². The van der Waals surface area contributed by atoms with Gasteiger partial charge in [0.15, 0.2) is 5.96 Å². The molecule has 0 radical (unpaired) electrons. The monoisotopic (exact) mass is 412 g/mol. The zero-order valence-corrected chi connectivity index (χ0v) is 18.7. The molecule has 0 aliphatic carbocycles. The Morgan fingerprint density at radius 2 is 2.13 bits per heavy atom. The normalized spacial score (nSPS) is 15.2. The molecule has 1 aliphatic heterocycles. The van der Waals surface area contributed by atoms with Gasteiger partial charge in [-0.05, 0) is 57.7 Å². The third-order valence-electron chi connectivity index (χ3n) is 5.23. The summed E-state index contributed by atoms with van der Waals surface area (Å²) in [5.74, 6) is 4.00. The molecule has 0 bridgehead atoms. The molecule has 0 spiro atoms. The Morgan fingerprint density at radius 3 is 2.97 bits per heavy atom. The first-order valence-electron chi connectivity index (χ1n) is 11.3. The fraction of sp³-hybridized carbons (Fsp3) is 0.609. The van der Waals surface area contributed by atoms with Gasteiger partial charge in [-0.2, -0.15) is 0 Å². The van der Waals surface area contributed by atoms with Crippen molar-refractivity contribution in [3.8, 4) is 5.75 Å². The maximum Gasteiger partial charge on any atom is 0.191 e. The van der Waals surface area contributed by atoms with Gasteiger partial charge in [0, 0.05) is 32.5 Å². The molecule has 1 aromatic heterocycles. The number of nitrogens with zero attached hydrogens (tertiary/aromatic N) is 4. The highest BCUT2D eigenvalue weighted by molar-refractivity contribution is 5.79. The second-order valence-electron chi connectivity index (χ2n) is 7.99. The molecule has 1 aromatic carbocycles. The molecule has 1 aliphatic rings. The molecule has 7 nitrogen and oxygen atoms in total. The first kappa shape index (κ1) is 22.1. The SMILES string of the molecule is CCNC(=NCC(C)Oc1cccc(C)c1)NCCCc1nnc2n1CCCCC2. The van der Waals surface area contributed by atoms with Gasteiger partial charge in [-0.25, -0.2) is 4.99 Å². The summed E-state index contributed by atoms with van der Waals surface area (Å²) < 4.78 is 8.31. The van der Waals surface area contributed by atoms with Crippen LogP contribution >= 0.6 is 0 Å². The molecule has 7 heteroatoms. The minimum atomic E-state index is 0.00806. The molecule has 1 unspecified atom stereocenters. The highest BCUT2D eigenvalue weighted by atomic mass is 16.5. The molecule has 0 amide bonds. The zero-order chi connectivity index (χ0) is 21.2. The van der Waals surface area contributed by atoms with Gasteiger partial charge in [0.1, 0.15) is 23.5 Å². The minimum Gasteiger partial charge on any atom is -0.489 e. The van der Waals surface area contributed by atoms with E-state index in [1.54, 1.807) is 0 Å². The molecular formula is C23H36N6O. The van der Waals surface area contributed by atoms with Crippen LogP contribution in [0.2, 0.25) is 0 Å². The van der Waals surface area contributed by atoms with E-state index in [4.69, 9.17) is 4.74 Å². The van der Waals surface area contributed by atoms with Crippen molar-refractivity contribution < 1.29 is 4.74 Å². The lowest BCUT2D eigenvalue weighted by atomic mass is 10.2. The van der Waals surface area contributed by atoms with E-state index in [2.05, 4.69) is 56.4 Å². The number of hydrogen-bond acceptors (Lipinski definition) is 4. The number of nitrogens with one attached hydrogen (secondary N) is 2. The lowest BCUT2D eigenvalue weighted by Gasteiger charge is -2.15. The quantitative estimate of drug-likeness (QED) is 0.376. The van der Waals surface area contributed by atoms with Crippen LogP contribution < -0.4 is 15.4 Å². The molecule has 0 fully saturated rings. The van der Waals surface area contributed by atoms with Crippen LogP contribution in [0, 0.1) is 6.92 Å². The van der Waals surface area contributed by atoms with Crippen LogP contribution in [-0.4, -0.2) is 46.5 Å². The van der Waals surface area contributed by atoms with Crippen LogP contribution in [0.4, 0.5) is 0 Å².